The first-order valence-electron chi connectivity index (χ1n) is 8.22. The number of ether oxygens (including phenoxy) is 2. The maximum absolute atomic E-state index is 10.4. The lowest BCUT2D eigenvalue weighted by molar-refractivity contribution is -0.0565. The molecule has 24 heavy (non-hydrogen) atoms. The van der Waals surface area contributed by atoms with E-state index >= 15 is 0 Å². The van der Waals surface area contributed by atoms with Gasteiger partial charge >= 0.3 is 0 Å². The minimum atomic E-state index is -0.749. The van der Waals surface area contributed by atoms with Gasteiger partial charge in [-0.05, 0) is 19.1 Å². The summed E-state index contributed by atoms with van der Waals surface area (Å²) in [5.74, 6) is 1.55. The van der Waals surface area contributed by atoms with Crippen molar-refractivity contribution in [2.45, 2.75) is 25.4 Å². The summed E-state index contributed by atoms with van der Waals surface area (Å²) >= 11 is 0. The first kappa shape index (κ1) is 21.0. The SMILES string of the molecule is CCNC(=NCC1(O)CCOCC1)NCCOc1ccccc1.I. The van der Waals surface area contributed by atoms with E-state index in [-0.39, 0.29) is 24.0 Å². The molecule has 3 N–H and O–H groups in total. The standard InChI is InChI=1S/C17H27N3O3.HI/c1-2-18-16(20-14-17(21)8-11-22-12-9-17)19-10-13-23-15-6-4-3-5-7-15;/h3-7,21H,2,8-14H2,1H3,(H2,18,19,20);1H. The van der Waals surface area contributed by atoms with Gasteiger partial charge in [0.25, 0.3) is 0 Å². The van der Waals surface area contributed by atoms with Crippen molar-refractivity contribution in [1.82, 2.24) is 10.6 Å². The zero-order chi connectivity index (χ0) is 16.4. The van der Waals surface area contributed by atoms with Crippen molar-refractivity contribution in [3.63, 3.8) is 0 Å². The Hall–Kier alpha value is -1.06. The molecule has 0 aliphatic carbocycles. The Morgan fingerprint density at radius 1 is 1.25 bits per heavy atom. The van der Waals surface area contributed by atoms with Crippen LogP contribution in [0.1, 0.15) is 19.8 Å². The van der Waals surface area contributed by atoms with E-state index < -0.39 is 5.60 Å². The molecule has 2 rings (SSSR count). The molecule has 136 valence electrons. The highest BCUT2D eigenvalue weighted by atomic mass is 127. The summed E-state index contributed by atoms with van der Waals surface area (Å²) in [6.45, 7) is 5.55. The average Bonchev–Trinajstić information content (AvgIpc) is 2.58. The third-order valence-electron chi connectivity index (χ3n) is 3.71. The molecule has 0 atom stereocenters. The second-order valence-corrected chi connectivity index (χ2v) is 5.62. The summed E-state index contributed by atoms with van der Waals surface area (Å²) in [4.78, 5) is 4.49. The molecular weight excluding hydrogens is 421 g/mol. The summed E-state index contributed by atoms with van der Waals surface area (Å²) in [6, 6.07) is 9.72. The second-order valence-electron chi connectivity index (χ2n) is 5.62. The fourth-order valence-electron chi connectivity index (χ4n) is 2.33. The number of hydrogen-bond acceptors (Lipinski definition) is 4. The maximum Gasteiger partial charge on any atom is 0.191 e. The third kappa shape index (κ3) is 7.67. The van der Waals surface area contributed by atoms with Crippen LogP contribution in [-0.4, -0.2) is 56.1 Å². The average molecular weight is 449 g/mol. The monoisotopic (exact) mass is 449 g/mol. The lowest BCUT2D eigenvalue weighted by Gasteiger charge is -2.30. The van der Waals surface area contributed by atoms with Gasteiger partial charge < -0.3 is 25.2 Å². The summed E-state index contributed by atoms with van der Waals surface area (Å²) in [5, 5.41) is 16.8. The first-order chi connectivity index (χ1) is 11.2. The molecule has 1 aromatic rings. The van der Waals surface area contributed by atoms with Crippen LogP contribution in [0, 0.1) is 0 Å². The van der Waals surface area contributed by atoms with Crippen LogP contribution in [0.5, 0.6) is 5.75 Å². The topological polar surface area (TPSA) is 75.1 Å². The van der Waals surface area contributed by atoms with Crippen LogP contribution in [0.25, 0.3) is 0 Å². The van der Waals surface area contributed by atoms with Crippen molar-refractivity contribution in [3.05, 3.63) is 30.3 Å². The smallest absolute Gasteiger partial charge is 0.191 e. The Kier molecular flexibility index (Phi) is 10.0. The Bertz CT molecular complexity index is 479. The molecule has 0 aromatic heterocycles. The number of aliphatic imine (C=N–C) groups is 1. The summed E-state index contributed by atoms with van der Waals surface area (Å²) in [6.07, 6.45) is 1.26. The van der Waals surface area contributed by atoms with Crippen LogP contribution in [0.4, 0.5) is 0 Å². The number of benzene rings is 1. The molecule has 6 nitrogen and oxygen atoms in total. The fourth-order valence-corrected chi connectivity index (χ4v) is 2.33. The molecule has 1 aliphatic rings. The molecule has 1 heterocycles. The highest BCUT2D eigenvalue weighted by molar-refractivity contribution is 14.0. The first-order valence-corrected chi connectivity index (χ1v) is 8.22. The van der Waals surface area contributed by atoms with Gasteiger partial charge in [-0.15, -0.1) is 24.0 Å². The summed E-state index contributed by atoms with van der Waals surface area (Å²) in [7, 11) is 0. The molecule has 0 unspecified atom stereocenters. The quantitative estimate of drug-likeness (QED) is 0.256. The number of para-hydroxylation sites is 1. The van der Waals surface area contributed by atoms with E-state index in [2.05, 4.69) is 15.6 Å². The van der Waals surface area contributed by atoms with Gasteiger partial charge in [0.1, 0.15) is 12.4 Å². The normalized spacial score (nSPS) is 16.8. The van der Waals surface area contributed by atoms with Gasteiger partial charge in [-0.2, -0.15) is 0 Å². The lowest BCUT2D eigenvalue weighted by Crippen LogP contribution is -2.43. The summed E-state index contributed by atoms with van der Waals surface area (Å²) in [5.41, 5.74) is -0.749. The van der Waals surface area contributed by atoms with Gasteiger partial charge in [0.05, 0.1) is 18.7 Å². The second kappa shape index (κ2) is 11.5. The van der Waals surface area contributed by atoms with Gasteiger partial charge in [0, 0.05) is 32.6 Å². The van der Waals surface area contributed by atoms with E-state index in [0.717, 1.165) is 12.3 Å². The van der Waals surface area contributed by atoms with E-state index in [4.69, 9.17) is 9.47 Å². The van der Waals surface area contributed by atoms with Gasteiger partial charge in [-0.3, -0.25) is 4.99 Å². The molecule has 0 saturated carbocycles. The van der Waals surface area contributed by atoms with Crippen LogP contribution in [0.2, 0.25) is 0 Å². The number of nitrogens with zero attached hydrogens (tertiary/aromatic N) is 1. The Balaban J connectivity index is 0.00000288. The predicted molar refractivity (Wildman–Crippen MR) is 106 cm³/mol. The van der Waals surface area contributed by atoms with Crippen molar-refractivity contribution >= 4 is 29.9 Å². The molecule has 0 spiro atoms. The number of rotatable bonds is 7. The van der Waals surface area contributed by atoms with Crippen molar-refractivity contribution in [2.24, 2.45) is 4.99 Å². The van der Waals surface area contributed by atoms with Crippen molar-refractivity contribution < 1.29 is 14.6 Å². The lowest BCUT2D eigenvalue weighted by atomic mass is 9.95. The molecule has 0 bridgehead atoms. The van der Waals surface area contributed by atoms with Gasteiger partial charge in [0.2, 0.25) is 0 Å². The Morgan fingerprint density at radius 3 is 2.62 bits per heavy atom. The minimum absolute atomic E-state index is 0. The highest BCUT2D eigenvalue weighted by Gasteiger charge is 2.29. The fraction of sp³-hybridized carbons (Fsp3) is 0.588. The molecule has 0 amide bonds. The summed E-state index contributed by atoms with van der Waals surface area (Å²) < 4.78 is 10.9. The predicted octanol–water partition coefficient (Wildman–Crippen LogP) is 1.78. The largest absolute Gasteiger partial charge is 0.492 e. The number of halogens is 1. The van der Waals surface area contributed by atoms with Crippen LogP contribution in [0.3, 0.4) is 0 Å². The van der Waals surface area contributed by atoms with Crippen molar-refractivity contribution in [1.29, 1.82) is 0 Å². The Labute approximate surface area is 161 Å². The van der Waals surface area contributed by atoms with E-state index in [1.165, 1.54) is 0 Å². The maximum atomic E-state index is 10.4. The van der Waals surface area contributed by atoms with Gasteiger partial charge in [-0.1, -0.05) is 18.2 Å². The highest BCUT2D eigenvalue weighted by Crippen LogP contribution is 2.20. The van der Waals surface area contributed by atoms with Crippen LogP contribution < -0.4 is 15.4 Å². The van der Waals surface area contributed by atoms with Gasteiger partial charge in [-0.25, -0.2) is 0 Å². The van der Waals surface area contributed by atoms with E-state index in [9.17, 15) is 5.11 Å². The number of hydrogen-bond donors (Lipinski definition) is 3. The van der Waals surface area contributed by atoms with Crippen LogP contribution in [-0.2, 0) is 4.74 Å². The van der Waals surface area contributed by atoms with Crippen molar-refractivity contribution in [2.75, 3.05) is 39.5 Å². The zero-order valence-corrected chi connectivity index (χ0v) is 16.5. The molecule has 1 saturated heterocycles. The van der Waals surface area contributed by atoms with E-state index in [1.54, 1.807) is 0 Å². The van der Waals surface area contributed by atoms with Crippen LogP contribution in [0.15, 0.2) is 35.3 Å². The van der Waals surface area contributed by atoms with E-state index in [1.807, 2.05) is 37.3 Å². The molecular formula is C17H28IN3O3. The molecule has 1 fully saturated rings. The molecule has 7 heteroatoms. The Morgan fingerprint density at radius 2 is 1.96 bits per heavy atom. The number of guanidine groups is 1. The van der Waals surface area contributed by atoms with E-state index in [0.29, 0.717) is 51.7 Å². The number of aliphatic hydroxyl groups is 1. The zero-order valence-electron chi connectivity index (χ0n) is 14.2. The molecule has 1 aromatic carbocycles. The molecule has 0 radical (unpaired) electrons. The van der Waals surface area contributed by atoms with Crippen LogP contribution >= 0.6 is 24.0 Å². The molecule has 1 aliphatic heterocycles. The third-order valence-corrected chi connectivity index (χ3v) is 3.71. The number of nitrogens with one attached hydrogen (secondary N) is 2. The minimum Gasteiger partial charge on any atom is -0.492 e. The van der Waals surface area contributed by atoms with Gasteiger partial charge in [0.15, 0.2) is 5.96 Å². The van der Waals surface area contributed by atoms with Crippen molar-refractivity contribution in [3.8, 4) is 5.75 Å².